The highest BCUT2D eigenvalue weighted by Crippen LogP contribution is 2.22. The van der Waals surface area contributed by atoms with Gasteiger partial charge >= 0.3 is 0 Å². The monoisotopic (exact) mass is 277 g/mol. The first-order chi connectivity index (χ1) is 8.65. The summed E-state index contributed by atoms with van der Waals surface area (Å²) in [5, 5.41) is 13.4. The molecule has 2 nitrogen and oxygen atoms in total. The van der Waals surface area contributed by atoms with E-state index in [1.165, 1.54) is 0 Å². The molecule has 92 valence electrons. The lowest BCUT2D eigenvalue weighted by atomic mass is 10.1. The Labute approximate surface area is 116 Å². The van der Waals surface area contributed by atoms with Gasteiger partial charge in [0.15, 0.2) is 0 Å². The number of hydrogen-bond donors (Lipinski definition) is 2. The SMILES string of the molecule is Oc1ccccc1NC(=S)Cc1ccc(Cl)cc1. The quantitative estimate of drug-likeness (QED) is 0.656. The summed E-state index contributed by atoms with van der Waals surface area (Å²) in [6, 6.07) is 14.5. The molecule has 0 saturated carbocycles. The third-order valence-corrected chi connectivity index (χ3v) is 2.95. The minimum Gasteiger partial charge on any atom is -0.506 e. The van der Waals surface area contributed by atoms with Gasteiger partial charge in [-0.3, -0.25) is 0 Å². The first-order valence-electron chi connectivity index (χ1n) is 5.47. The molecule has 0 aliphatic rings. The Hall–Kier alpha value is -1.58. The van der Waals surface area contributed by atoms with E-state index in [1.807, 2.05) is 30.3 Å². The molecule has 18 heavy (non-hydrogen) atoms. The smallest absolute Gasteiger partial charge is 0.139 e. The second kappa shape index (κ2) is 5.85. The largest absolute Gasteiger partial charge is 0.506 e. The van der Waals surface area contributed by atoms with Crippen molar-refractivity contribution in [2.24, 2.45) is 0 Å². The third kappa shape index (κ3) is 3.45. The van der Waals surface area contributed by atoms with Crippen molar-refractivity contribution in [3.05, 3.63) is 59.1 Å². The van der Waals surface area contributed by atoms with E-state index in [0.717, 1.165) is 5.56 Å². The average molecular weight is 278 g/mol. The predicted molar refractivity (Wildman–Crippen MR) is 79.5 cm³/mol. The normalized spacial score (nSPS) is 10.1. The Kier molecular flexibility index (Phi) is 4.18. The second-order valence-electron chi connectivity index (χ2n) is 3.87. The minimum absolute atomic E-state index is 0.191. The maximum Gasteiger partial charge on any atom is 0.139 e. The van der Waals surface area contributed by atoms with Crippen LogP contribution in [0.3, 0.4) is 0 Å². The molecule has 0 heterocycles. The summed E-state index contributed by atoms with van der Waals surface area (Å²) in [5.41, 5.74) is 1.70. The number of phenols is 1. The fraction of sp³-hybridized carbons (Fsp3) is 0.0714. The van der Waals surface area contributed by atoms with E-state index < -0.39 is 0 Å². The highest BCUT2D eigenvalue weighted by atomic mass is 35.5. The van der Waals surface area contributed by atoms with Crippen LogP contribution in [-0.2, 0) is 6.42 Å². The van der Waals surface area contributed by atoms with E-state index in [-0.39, 0.29) is 5.75 Å². The van der Waals surface area contributed by atoms with Crippen molar-refractivity contribution in [3.8, 4) is 5.75 Å². The Morgan fingerprint density at radius 2 is 1.78 bits per heavy atom. The van der Waals surface area contributed by atoms with Crippen molar-refractivity contribution >= 4 is 34.5 Å². The maximum atomic E-state index is 9.62. The number of aromatic hydroxyl groups is 1. The van der Waals surface area contributed by atoms with Gasteiger partial charge in [0.05, 0.1) is 10.7 Å². The molecule has 2 aromatic carbocycles. The van der Waals surface area contributed by atoms with Crippen LogP contribution in [0, 0.1) is 0 Å². The Morgan fingerprint density at radius 3 is 2.44 bits per heavy atom. The molecule has 2 aromatic rings. The molecule has 0 aliphatic heterocycles. The molecule has 0 atom stereocenters. The zero-order chi connectivity index (χ0) is 13.0. The van der Waals surface area contributed by atoms with Crippen molar-refractivity contribution in [1.82, 2.24) is 0 Å². The molecular formula is C14H12ClNOS. The first-order valence-corrected chi connectivity index (χ1v) is 6.26. The minimum atomic E-state index is 0.191. The van der Waals surface area contributed by atoms with Crippen LogP contribution in [0.1, 0.15) is 5.56 Å². The van der Waals surface area contributed by atoms with E-state index >= 15 is 0 Å². The molecule has 0 amide bonds. The molecule has 0 saturated heterocycles. The van der Waals surface area contributed by atoms with Crippen LogP contribution in [-0.4, -0.2) is 10.1 Å². The zero-order valence-electron chi connectivity index (χ0n) is 9.56. The molecule has 2 rings (SSSR count). The van der Waals surface area contributed by atoms with Gasteiger partial charge in [-0.25, -0.2) is 0 Å². The van der Waals surface area contributed by atoms with Crippen LogP contribution in [0.15, 0.2) is 48.5 Å². The molecular weight excluding hydrogens is 266 g/mol. The van der Waals surface area contributed by atoms with Crippen molar-refractivity contribution in [2.45, 2.75) is 6.42 Å². The summed E-state index contributed by atoms with van der Waals surface area (Å²) in [6.07, 6.45) is 0.612. The Bertz CT molecular complexity index is 554. The van der Waals surface area contributed by atoms with Gasteiger partial charge < -0.3 is 10.4 Å². The summed E-state index contributed by atoms with van der Waals surface area (Å²) in [7, 11) is 0. The number of anilines is 1. The first kappa shape index (κ1) is 12.9. The van der Waals surface area contributed by atoms with Crippen molar-refractivity contribution < 1.29 is 5.11 Å². The van der Waals surface area contributed by atoms with Gasteiger partial charge in [0.2, 0.25) is 0 Å². The second-order valence-corrected chi connectivity index (χ2v) is 4.80. The molecule has 2 N–H and O–H groups in total. The van der Waals surface area contributed by atoms with Gasteiger partial charge in [0, 0.05) is 11.4 Å². The number of rotatable bonds is 3. The Balaban J connectivity index is 2.01. The van der Waals surface area contributed by atoms with Gasteiger partial charge in [0.25, 0.3) is 0 Å². The van der Waals surface area contributed by atoms with Crippen LogP contribution in [0.4, 0.5) is 5.69 Å². The molecule has 0 unspecified atom stereocenters. The zero-order valence-corrected chi connectivity index (χ0v) is 11.1. The van der Waals surface area contributed by atoms with Crippen LogP contribution in [0.25, 0.3) is 0 Å². The summed E-state index contributed by atoms with van der Waals surface area (Å²) >= 11 is 11.1. The molecule has 4 heteroatoms. The van der Waals surface area contributed by atoms with Gasteiger partial charge in [-0.15, -0.1) is 0 Å². The summed E-state index contributed by atoms with van der Waals surface area (Å²) in [5.74, 6) is 0.191. The van der Waals surface area contributed by atoms with E-state index in [4.69, 9.17) is 23.8 Å². The number of halogens is 1. The van der Waals surface area contributed by atoms with Crippen LogP contribution in [0.5, 0.6) is 5.75 Å². The number of thiocarbonyl (C=S) groups is 1. The van der Waals surface area contributed by atoms with Crippen molar-refractivity contribution in [2.75, 3.05) is 5.32 Å². The summed E-state index contributed by atoms with van der Waals surface area (Å²) in [6.45, 7) is 0. The fourth-order valence-corrected chi connectivity index (χ4v) is 1.96. The predicted octanol–water partition coefficient (Wildman–Crippen LogP) is 4.03. The number of phenolic OH excluding ortho intramolecular Hbond substituents is 1. The standard InChI is InChI=1S/C14H12ClNOS/c15-11-7-5-10(6-8-11)9-14(18)16-12-3-1-2-4-13(12)17/h1-8,17H,9H2,(H,16,18). The number of benzene rings is 2. The number of nitrogens with one attached hydrogen (secondary N) is 1. The highest BCUT2D eigenvalue weighted by molar-refractivity contribution is 7.80. The topological polar surface area (TPSA) is 32.3 Å². The van der Waals surface area contributed by atoms with Gasteiger partial charge in [-0.1, -0.05) is 48.1 Å². The molecule has 0 bridgehead atoms. The van der Waals surface area contributed by atoms with E-state index in [1.54, 1.807) is 18.2 Å². The Morgan fingerprint density at radius 1 is 1.11 bits per heavy atom. The lowest BCUT2D eigenvalue weighted by Crippen LogP contribution is -2.12. The third-order valence-electron chi connectivity index (χ3n) is 2.46. The van der Waals surface area contributed by atoms with E-state index in [9.17, 15) is 5.11 Å². The lowest BCUT2D eigenvalue weighted by Gasteiger charge is -2.09. The average Bonchev–Trinajstić information content (AvgIpc) is 2.35. The van der Waals surface area contributed by atoms with Crippen LogP contribution >= 0.6 is 23.8 Å². The molecule has 0 aromatic heterocycles. The van der Waals surface area contributed by atoms with Crippen molar-refractivity contribution in [3.63, 3.8) is 0 Å². The molecule has 0 fully saturated rings. The van der Waals surface area contributed by atoms with Gasteiger partial charge in [0.1, 0.15) is 5.75 Å². The number of hydrogen-bond acceptors (Lipinski definition) is 2. The highest BCUT2D eigenvalue weighted by Gasteiger charge is 2.03. The molecule has 0 spiro atoms. The summed E-state index contributed by atoms with van der Waals surface area (Å²) in [4.78, 5) is 0.652. The lowest BCUT2D eigenvalue weighted by molar-refractivity contribution is 0.478. The van der Waals surface area contributed by atoms with E-state index in [2.05, 4.69) is 5.32 Å². The fourth-order valence-electron chi connectivity index (χ4n) is 1.56. The maximum absolute atomic E-state index is 9.62. The number of para-hydroxylation sites is 2. The van der Waals surface area contributed by atoms with Crippen LogP contribution in [0.2, 0.25) is 5.02 Å². The molecule has 0 radical (unpaired) electrons. The van der Waals surface area contributed by atoms with Crippen molar-refractivity contribution in [1.29, 1.82) is 0 Å². The van der Waals surface area contributed by atoms with Gasteiger partial charge in [-0.05, 0) is 29.8 Å². The molecule has 0 aliphatic carbocycles. The summed E-state index contributed by atoms with van der Waals surface area (Å²) < 4.78 is 0. The van der Waals surface area contributed by atoms with Gasteiger partial charge in [-0.2, -0.15) is 0 Å². The van der Waals surface area contributed by atoms with Crippen LogP contribution < -0.4 is 5.32 Å². The van der Waals surface area contributed by atoms with E-state index in [0.29, 0.717) is 22.1 Å².